The van der Waals surface area contributed by atoms with Gasteiger partial charge in [-0.2, -0.15) is 0 Å². The number of anilines is 3. The Labute approximate surface area is 154 Å². The van der Waals surface area contributed by atoms with Crippen molar-refractivity contribution in [2.24, 2.45) is 0 Å². The first-order valence-electron chi connectivity index (χ1n) is 8.87. The van der Waals surface area contributed by atoms with E-state index < -0.39 is 0 Å². The number of hydrogen-bond acceptors (Lipinski definition) is 2. The van der Waals surface area contributed by atoms with Gasteiger partial charge in [0.2, 0.25) is 0 Å². The fourth-order valence-corrected chi connectivity index (χ4v) is 2.39. The van der Waals surface area contributed by atoms with Gasteiger partial charge in [0, 0.05) is 23.6 Å². The van der Waals surface area contributed by atoms with Gasteiger partial charge in [0.25, 0.3) is 0 Å². The fourth-order valence-electron chi connectivity index (χ4n) is 2.39. The van der Waals surface area contributed by atoms with Gasteiger partial charge >= 0.3 is 12.1 Å². The van der Waals surface area contributed by atoms with Crippen LogP contribution in [0.2, 0.25) is 0 Å². The Morgan fingerprint density at radius 2 is 1.58 bits per heavy atom. The maximum absolute atomic E-state index is 12.1. The Balaban J connectivity index is 1.91. The molecule has 0 fully saturated rings. The summed E-state index contributed by atoms with van der Waals surface area (Å²) in [5.74, 6) is 0. The number of unbranched alkanes of at least 4 members (excludes halogenated alkanes) is 2. The maximum Gasteiger partial charge on any atom is 0.323 e. The first-order valence-corrected chi connectivity index (χ1v) is 8.87. The van der Waals surface area contributed by atoms with Crippen LogP contribution in [-0.4, -0.2) is 18.6 Å². The van der Waals surface area contributed by atoms with Gasteiger partial charge in [-0.3, -0.25) is 0 Å². The zero-order chi connectivity index (χ0) is 18.8. The topological polar surface area (TPSA) is 82.3 Å². The van der Waals surface area contributed by atoms with Crippen molar-refractivity contribution in [3.63, 3.8) is 0 Å². The summed E-state index contributed by atoms with van der Waals surface area (Å²) in [5, 5.41) is 11.2. The standard InChI is InChI=1S/C20H26N4O2/c1-3-4-8-13-21-19(25)24-18-14-17(12-11-15(18)2)23-20(26)22-16-9-6-5-7-10-16/h5-7,9-12,14H,3-4,8,13H2,1-2H3,(H2,21,24,25)(H2,22,23,26). The smallest absolute Gasteiger partial charge is 0.323 e. The van der Waals surface area contributed by atoms with E-state index >= 15 is 0 Å². The van der Waals surface area contributed by atoms with Crippen molar-refractivity contribution < 1.29 is 9.59 Å². The quantitative estimate of drug-likeness (QED) is 0.531. The summed E-state index contributed by atoms with van der Waals surface area (Å²) in [5.41, 5.74) is 2.89. The van der Waals surface area contributed by atoms with Gasteiger partial charge < -0.3 is 21.3 Å². The molecule has 2 aromatic carbocycles. The third kappa shape index (κ3) is 6.47. The highest BCUT2D eigenvalue weighted by Gasteiger charge is 2.07. The molecule has 6 nitrogen and oxygen atoms in total. The van der Waals surface area contributed by atoms with Crippen LogP contribution in [0.15, 0.2) is 48.5 Å². The van der Waals surface area contributed by atoms with Gasteiger partial charge in [-0.15, -0.1) is 0 Å². The number of urea groups is 2. The molecule has 0 spiro atoms. The van der Waals surface area contributed by atoms with Crippen molar-refractivity contribution >= 4 is 29.1 Å². The molecule has 0 unspecified atom stereocenters. The Bertz CT molecular complexity index is 732. The van der Waals surface area contributed by atoms with Gasteiger partial charge in [-0.05, 0) is 43.2 Å². The van der Waals surface area contributed by atoms with E-state index in [9.17, 15) is 9.59 Å². The van der Waals surface area contributed by atoms with E-state index in [1.807, 2.05) is 43.3 Å². The molecule has 0 bridgehead atoms. The van der Waals surface area contributed by atoms with E-state index in [1.165, 1.54) is 0 Å². The molecule has 0 saturated heterocycles. The summed E-state index contributed by atoms with van der Waals surface area (Å²) in [6.45, 7) is 4.67. The molecule has 0 radical (unpaired) electrons. The molecule has 0 aliphatic rings. The summed E-state index contributed by atoms with van der Waals surface area (Å²) in [6.07, 6.45) is 3.17. The number of hydrogen-bond donors (Lipinski definition) is 4. The first kappa shape index (κ1) is 19.3. The van der Waals surface area contributed by atoms with Crippen LogP contribution in [0.3, 0.4) is 0 Å². The average Bonchev–Trinajstić information content (AvgIpc) is 2.62. The summed E-state index contributed by atoms with van der Waals surface area (Å²) in [7, 11) is 0. The highest BCUT2D eigenvalue weighted by molar-refractivity contribution is 6.00. The van der Waals surface area contributed by atoms with Gasteiger partial charge in [-0.25, -0.2) is 9.59 Å². The van der Waals surface area contributed by atoms with Crippen molar-refractivity contribution in [1.29, 1.82) is 0 Å². The molecule has 0 saturated carbocycles. The van der Waals surface area contributed by atoms with Crippen LogP contribution in [0, 0.1) is 6.92 Å². The average molecular weight is 354 g/mol. The third-order valence-corrected chi connectivity index (χ3v) is 3.84. The molecular weight excluding hydrogens is 328 g/mol. The molecule has 4 N–H and O–H groups in total. The molecule has 26 heavy (non-hydrogen) atoms. The van der Waals surface area contributed by atoms with Crippen molar-refractivity contribution in [1.82, 2.24) is 5.32 Å². The molecular formula is C20H26N4O2. The molecule has 6 heteroatoms. The van der Waals surface area contributed by atoms with Crippen LogP contribution in [-0.2, 0) is 0 Å². The zero-order valence-electron chi connectivity index (χ0n) is 15.3. The summed E-state index contributed by atoms with van der Waals surface area (Å²) in [6, 6.07) is 14.0. The fraction of sp³-hybridized carbons (Fsp3) is 0.300. The number of carbonyl (C=O) groups is 2. The minimum Gasteiger partial charge on any atom is -0.338 e. The normalized spacial score (nSPS) is 10.1. The van der Waals surface area contributed by atoms with E-state index in [0.717, 1.165) is 24.8 Å². The first-order chi connectivity index (χ1) is 12.6. The Morgan fingerprint density at radius 1 is 0.846 bits per heavy atom. The second-order valence-electron chi connectivity index (χ2n) is 6.06. The largest absolute Gasteiger partial charge is 0.338 e. The van der Waals surface area contributed by atoms with Crippen molar-refractivity contribution in [3.05, 3.63) is 54.1 Å². The van der Waals surface area contributed by atoms with E-state index in [1.54, 1.807) is 12.1 Å². The highest BCUT2D eigenvalue weighted by Crippen LogP contribution is 2.20. The second-order valence-corrected chi connectivity index (χ2v) is 6.06. The Hall–Kier alpha value is -3.02. The van der Waals surface area contributed by atoms with Crippen LogP contribution in [0.1, 0.15) is 31.7 Å². The lowest BCUT2D eigenvalue weighted by molar-refractivity contribution is 0.252. The molecule has 0 heterocycles. The number of benzene rings is 2. The highest BCUT2D eigenvalue weighted by atomic mass is 16.2. The molecule has 0 aromatic heterocycles. The number of nitrogens with one attached hydrogen (secondary N) is 4. The summed E-state index contributed by atoms with van der Waals surface area (Å²) >= 11 is 0. The monoisotopic (exact) mass is 354 g/mol. The van der Waals surface area contributed by atoms with Crippen LogP contribution in [0.4, 0.5) is 26.7 Å². The van der Waals surface area contributed by atoms with E-state index in [0.29, 0.717) is 23.6 Å². The van der Waals surface area contributed by atoms with E-state index in [2.05, 4.69) is 28.2 Å². The molecule has 2 aromatic rings. The van der Waals surface area contributed by atoms with Crippen LogP contribution in [0.5, 0.6) is 0 Å². The Kier molecular flexibility index (Phi) is 7.49. The van der Waals surface area contributed by atoms with Gasteiger partial charge in [0.15, 0.2) is 0 Å². The van der Waals surface area contributed by atoms with Gasteiger partial charge in [-0.1, -0.05) is 44.0 Å². The molecule has 0 aliphatic carbocycles. The lowest BCUT2D eigenvalue weighted by Crippen LogP contribution is -2.29. The van der Waals surface area contributed by atoms with Gasteiger partial charge in [0.1, 0.15) is 0 Å². The zero-order valence-corrected chi connectivity index (χ0v) is 15.3. The lowest BCUT2D eigenvalue weighted by atomic mass is 10.2. The molecule has 2 rings (SSSR count). The maximum atomic E-state index is 12.1. The molecule has 4 amide bonds. The number of aryl methyl sites for hydroxylation is 1. The predicted molar refractivity (Wildman–Crippen MR) is 107 cm³/mol. The molecule has 0 atom stereocenters. The van der Waals surface area contributed by atoms with Gasteiger partial charge in [0.05, 0.1) is 0 Å². The van der Waals surface area contributed by atoms with Crippen molar-refractivity contribution in [2.75, 3.05) is 22.5 Å². The van der Waals surface area contributed by atoms with Crippen molar-refractivity contribution in [3.8, 4) is 0 Å². The molecule has 138 valence electrons. The summed E-state index contributed by atoms with van der Waals surface area (Å²) in [4.78, 5) is 24.1. The second kappa shape index (κ2) is 10.1. The number of rotatable bonds is 7. The predicted octanol–water partition coefficient (Wildman–Crippen LogP) is 4.95. The van der Waals surface area contributed by atoms with Crippen LogP contribution in [0.25, 0.3) is 0 Å². The van der Waals surface area contributed by atoms with E-state index in [-0.39, 0.29) is 12.1 Å². The minimum absolute atomic E-state index is 0.241. The number of para-hydroxylation sites is 1. The summed E-state index contributed by atoms with van der Waals surface area (Å²) < 4.78 is 0. The van der Waals surface area contributed by atoms with Crippen LogP contribution >= 0.6 is 0 Å². The minimum atomic E-state index is -0.338. The lowest BCUT2D eigenvalue weighted by Gasteiger charge is -2.13. The van der Waals surface area contributed by atoms with Crippen LogP contribution < -0.4 is 21.3 Å². The van der Waals surface area contributed by atoms with Crippen molar-refractivity contribution in [2.45, 2.75) is 33.1 Å². The third-order valence-electron chi connectivity index (χ3n) is 3.84. The number of carbonyl (C=O) groups excluding carboxylic acids is 2. The Morgan fingerprint density at radius 3 is 2.31 bits per heavy atom. The molecule has 0 aliphatic heterocycles. The SMILES string of the molecule is CCCCCNC(=O)Nc1cc(NC(=O)Nc2ccccc2)ccc1C. The van der Waals surface area contributed by atoms with E-state index in [4.69, 9.17) is 0 Å². The number of amides is 4.